The third kappa shape index (κ3) is 2.25. The van der Waals surface area contributed by atoms with Crippen molar-refractivity contribution in [3.05, 3.63) is 0 Å². The van der Waals surface area contributed by atoms with E-state index in [1.54, 1.807) is 0 Å². The maximum atomic E-state index is 5.44. The van der Waals surface area contributed by atoms with Crippen LogP contribution in [0, 0.1) is 0 Å². The Bertz CT molecular complexity index is 170. The third-order valence-corrected chi connectivity index (χ3v) is 3.99. The molecular formula is C10H18BrNO. The molecule has 0 bridgehead atoms. The first-order chi connectivity index (χ1) is 6.27. The summed E-state index contributed by atoms with van der Waals surface area (Å²) in [5.74, 6) is 0. The fraction of sp³-hybridized carbons (Fsp3) is 1.00. The predicted octanol–water partition coefficient (Wildman–Crippen LogP) is 2.02. The molecule has 2 rings (SSSR count). The van der Waals surface area contributed by atoms with Gasteiger partial charge in [-0.15, -0.1) is 0 Å². The van der Waals surface area contributed by atoms with Gasteiger partial charge in [0.2, 0.25) is 0 Å². The van der Waals surface area contributed by atoms with Gasteiger partial charge in [0.05, 0.1) is 6.61 Å². The van der Waals surface area contributed by atoms with Crippen LogP contribution in [0.1, 0.15) is 26.2 Å². The van der Waals surface area contributed by atoms with Crippen molar-refractivity contribution in [2.75, 3.05) is 19.8 Å². The van der Waals surface area contributed by atoms with Gasteiger partial charge in [0.1, 0.15) is 0 Å². The minimum atomic E-state index is 0.690. The van der Waals surface area contributed by atoms with Gasteiger partial charge in [0.15, 0.2) is 0 Å². The van der Waals surface area contributed by atoms with Gasteiger partial charge in [-0.05, 0) is 26.2 Å². The number of likely N-dealkylation sites (tertiary alicyclic amines) is 1. The monoisotopic (exact) mass is 247 g/mol. The van der Waals surface area contributed by atoms with Gasteiger partial charge in [-0.3, -0.25) is 4.90 Å². The highest BCUT2D eigenvalue weighted by molar-refractivity contribution is 9.09. The molecule has 0 radical (unpaired) electrons. The lowest BCUT2D eigenvalue weighted by atomic mass is 10.0. The molecule has 0 aliphatic carbocycles. The van der Waals surface area contributed by atoms with E-state index >= 15 is 0 Å². The van der Waals surface area contributed by atoms with Gasteiger partial charge in [0.25, 0.3) is 0 Å². The number of hydrogen-bond donors (Lipinski definition) is 0. The Morgan fingerprint density at radius 3 is 2.85 bits per heavy atom. The smallest absolute Gasteiger partial charge is 0.0622 e. The molecule has 76 valence electrons. The zero-order chi connectivity index (χ0) is 9.26. The molecule has 2 heterocycles. The van der Waals surface area contributed by atoms with E-state index in [0.29, 0.717) is 10.9 Å². The normalized spacial score (nSPS) is 42.5. The van der Waals surface area contributed by atoms with Gasteiger partial charge >= 0.3 is 0 Å². The molecule has 0 saturated carbocycles. The van der Waals surface area contributed by atoms with E-state index in [1.165, 1.54) is 25.8 Å². The largest absolute Gasteiger partial charge is 0.380 e. The van der Waals surface area contributed by atoms with Crippen LogP contribution in [0.15, 0.2) is 0 Å². The maximum absolute atomic E-state index is 5.44. The van der Waals surface area contributed by atoms with Gasteiger partial charge in [-0.2, -0.15) is 0 Å². The molecule has 3 atom stereocenters. The summed E-state index contributed by atoms with van der Waals surface area (Å²) in [7, 11) is 0. The minimum absolute atomic E-state index is 0.690. The zero-order valence-electron chi connectivity index (χ0n) is 8.21. The highest BCUT2D eigenvalue weighted by Crippen LogP contribution is 2.26. The minimum Gasteiger partial charge on any atom is -0.380 e. The van der Waals surface area contributed by atoms with Crippen LogP contribution in [-0.2, 0) is 4.74 Å². The van der Waals surface area contributed by atoms with E-state index < -0.39 is 0 Å². The number of hydrogen-bond acceptors (Lipinski definition) is 2. The number of ether oxygens (including phenoxy) is 1. The van der Waals surface area contributed by atoms with E-state index in [2.05, 4.69) is 27.8 Å². The molecule has 0 aromatic rings. The summed E-state index contributed by atoms with van der Waals surface area (Å²) in [6.07, 6.45) is 3.88. The second-order valence-electron chi connectivity index (χ2n) is 4.24. The SMILES string of the molecule is CC1CCC(Br)CN1C1CCOC1. The summed E-state index contributed by atoms with van der Waals surface area (Å²) >= 11 is 3.72. The Balaban J connectivity index is 1.94. The van der Waals surface area contributed by atoms with Gasteiger partial charge < -0.3 is 4.74 Å². The lowest BCUT2D eigenvalue weighted by Gasteiger charge is -2.39. The topological polar surface area (TPSA) is 12.5 Å². The summed E-state index contributed by atoms with van der Waals surface area (Å²) in [5.41, 5.74) is 0. The average Bonchev–Trinajstić information content (AvgIpc) is 2.61. The second kappa shape index (κ2) is 4.28. The van der Waals surface area contributed by atoms with E-state index in [9.17, 15) is 0 Å². The van der Waals surface area contributed by atoms with Crippen molar-refractivity contribution in [1.29, 1.82) is 0 Å². The Hall–Kier alpha value is 0.400. The first-order valence-corrected chi connectivity index (χ1v) is 6.16. The standard InChI is InChI=1S/C10H18BrNO/c1-8-2-3-9(11)6-12(8)10-4-5-13-7-10/h8-10H,2-7H2,1H3. The van der Waals surface area contributed by atoms with Crippen LogP contribution in [0.2, 0.25) is 0 Å². The van der Waals surface area contributed by atoms with Crippen molar-refractivity contribution in [3.8, 4) is 0 Å². The molecule has 3 unspecified atom stereocenters. The maximum Gasteiger partial charge on any atom is 0.0622 e. The molecule has 0 N–H and O–H groups in total. The highest BCUT2D eigenvalue weighted by Gasteiger charge is 2.31. The fourth-order valence-corrected chi connectivity index (χ4v) is 2.98. The Morgan fingerprint density at radius 2 is 2.15 bits per heavy atom. The van der Waals surface area contributed by atoms with E-state index in [-0.39, 0.29) is 0 Å². The van der Waals surface area contributed by atoms with Gasteiger partial charge in [0, 0.05) is 30.1 Å². The molecule has 0 aromatic heterocycles. The van der Waals surface area contributed by atoms with Gasteiger partial charge in [-0.1, -0.05) is 15.9 Å². The zero-order valence-corrected chi connectivity index (χ0v) is 9.79. The molecule has 2 aliphatic rings. The Labute approximate surface area is 88.8 Å². The summed E-state index contributed by atoms with van der Waals surface area (Å²) in [6, 6.07) is 1.44. The van der Waals surface area contributed by atoms with Crippen molar-refractivity contribution in [2.24, 2.45) is 0 Å². The van der Waals surface area contributed by atoms with Gasteiger partial charge in [-0.25, -0.2) is 0 Å². The number of rotatable bonds is 1. The molecule has 0 amide bonds. The van der Waals surface area contributed by atoms with Crippen LogP contribution in [0.5, 0.6) is 0 Å². The summed E-state index contributed by atoms with van der Waals surface area (Å²) in [6.45, 7) is 5.46. The number of halogens is 1. The second-order valence-corrected chi connectivity index (χ2v) is 5.53. The highest BCUT2D eigenvalue weighted by atomic mass is 79.9. The summed E-state index contributed by atoms with van der Waals surface area (Å²) in [5, 5.41) is 0. The first-order valence-electron chi connectivity index (χ1n) is 5.25. The van der Waals surface area contributed by atoms with Crippen molar-refractivity contribution in [1.82, 2.24) is 4.90 Å². The number of piperidine rings is 1. The molecule has 0 spiro atoms. The van der Waals surface area contributed by atoms with Crippen LogP contribution in [0.25, 0.3) is 0 Å². The third-order valence-electron chi connectivity index (χ3n) is 3.25. The van der Waals surface area contributed by atoms with Crippen molar-refractivity contribution < 1.29 is 4.74 Å². The molecule has 2 aliphatic heterocycles. The molecular weight excluding hydrogens is 230 g/mol. The van der Waals surface area contributed by atoms with Crippen LogP contribution in [0.3, 0.4) is 0 Å². The molecule has 0 aromatic carbocycles. The van der Waals surface area contributed by atoms with Crippen LogP contribution in [0.4, 0.5) is 0 Å². The lowest BCUT2D eigenvalue weighted by molar-refractivity contribution is 0.0925. The number of alkyl halides is 1. The Kier molecular flexibility index (Phi) is 3.27. The average molecular weight is 248 g/mol. The number of nitrogens with zero attached hydrogens (tertiary/aromatic N) is 1. The molecule has 2 fully saturated rings. The fourth-order valence-electron chi connectivity index (χ4n) is 2.38. The van der Waals surface area contributed by atoms with E-state index in [0.717, 1.165) is 19.3 Å². The summed E-state index contributed by atoms with van der Waals surface area (Å²) in [4.78, 5) is 3.32. The molecule has 2 saturated heterocycles. The van der Waals surface area contributed by atoms with Crippen LogP contribution >= 0.6 is 15.9 Å². The molecule has 13 heavy (non-hydrogen) atoms. The lowest BCUT2D eigenvalue weighted by Crippen LogP contribution is -2.48. The molecule has 2 nitrogen and oxygen atoms in total. The van der Waals surface area contributed by atoms with Crippen LogP contribution < -0.4 is 0 Å². The van der Waals surface area contributed by atoms with Crippen molar-refractivity contribution in [3.63, 3.8) is 0 Å². The van der Waals surface area contributed by atoms with E-state index in [1.807, 2.05) is 0 Å². The quantitative estimate of drug-likeness (QED) is 0.658. The molecule has 3 heteroatoms. The summed E-state index contributed by atoms with van der Waals surface area (Å²) < 4.78 is 5.44. The van der Waals surface area contributed by atoms with E-state index in [4.69, 9.17) is 4.74 Å². The van der Waals surface area contributed by atoms with Crippen molar-refractivity contribution in [2.45, 2.75) is 43.1 Å². The Morgan fingerprint density at radius 1 is 1.31 bits per heavy atom. The van der Waals surface area contributed by atoms with Crippen LogP contribution in [-0.4, -0.2) is 41.6 Å². The first kappa shape index (κ1) is 9.94. The van der Waals surface area contributed by atoms with Crippen molar-refractivity contribution >= 4 is 15.9 Å². The predicted molar refractivity (Wildman–Crippen MR) is 57.3 cm³/mol.